The highest BCUT2D eigenvalue weighted by molar-refractivity contribution is 9.10. The first-order valence-corrected chi connectivity index (χ1v) is 6.36. The van der Waals surface area contributed by atoms with Crippen LogP contribution < -0.4 is 5.73 Å². The fourth-order valence-corrected chi connectivity index (χ4v) is 2.64. The summed E-state index contributed by atoms with van der Waals surface area (Å²) < 4.78 is 5.94. The number of nitrogens with zero attached hydrogens (tertiary/aromatic N) is 1. The van der Waals surface area contributed by atoms with Gasteiger partial charge in [-0.3, -0.25) is 0 Å². The van der Waals surface area contributed by atoms with Crippen molar-refractivity contribution in [2.24, 2.45) is 10.9 Å². The van der Waals surface area contributed by atoms with Gasteiger partial charge < -0.3 is 15.7 Å². The number of ether oxygens (including phenoxy) is 1. The van der Waals surface area contributed by atoms with E-state index in [-0.39, 0.29) is 5.84 Å². The summed E-state index contributed by atoms with van der Waals surface area (Å²) in [6.07, 6.45) is 0. The highest BCUT2D eigenvalue weighted by Crippen LogP contribution is 2.26. The molecule has 0 saturated heterocycles. The predicted molar refractivity (Wildman–Crippen MR) is 69.3 cm³/mol. The van der Waals surface area contributed by atoms with Gasteiger partial charge in [0.05, 0.1) is 6.61 Å². The highest BCUT2D eigenvalue weighted by atomic mass is 79.9. The summed E-state index contributed by atoms with van der Waals surface area (Å²) in [6, 6.07) is 5.61. The number of halogens is 1. The van der Waals surface area contributed by atoms with E-state index in [1.165, 1.54) is 0 Å². The van der Waals surface area contributed by atoms with Crippen molar-refractivity contribution in [3.63, 3.8) is 0 Å². The van der Waals surface area contributed by atoms with Crippen LogP contribution in [0.15, 0.2) is 32.7 Å². The van der Waals surface area contributed by atoms with Crippen LogP contribution in [0.5, 0.6) is 0 Å². The van der Waals surface area contributed by atoms with Gasteiger partial charge in [-0.15, -0.1) is 11.8 Å². The second-order valence-electron chi connectivity index (χ2n) is 2.97. The molecule has 1 aromatic rings. The standard InChI is InChI=1S/C10H13BrN2O2S/c1-15-4-5-16-9-6-7(11)2-3-8(9)10(12)13-14/h2-3,6,14H,4-5H2,1H3,(H2,12,13). The van der Waals surface area contributed by atoms with Gasteiger partial charge in [0.25, 0.3) is 0 Å². The Labute approximate surface area is 107 Å². The molecule has 0 aliphatic heterocycles. The van der Waals surface area contributed by atoms with Crippen molar-refractivity contribution in [1.29, 1.82) is 0 Å². The molecule has 0 aromatic heterocycles. The first-order chi connectivity index (χ1) is 7.69. The van der Waals surface area contributed by atoms with Crippen molar-refractivity contribution in [2.45, 2.75) is 4.90 Å². The topological polar surface area (TPSA) is 67.8 Å². The second-order valence-corrected chi connectivity index (χ2v) is 5.02. The number of hydrogen-bond donors (Lipinski definition) is 2. The Hall–Kier alpha value is -0.720. The maximum absolute atomic E-state index is 8.67. The van der Waals surface area contributed by atoms with E-state index >= 15 is 0 Å². The lowest BCUT2D eigenvalue weighted by Gasteiger charge is -2.08. The van der Waals surface area contributed by atoms with Gasteiger partial charge in [-0.25, -0.2) is 0 Å². The molecule has 0 aliphatic rings. The molecule has 0 aliphatic carbocycles. The van der Waals surface area contributed by atoms with Crippen molar-refractivity contribution in [1.82, 2.24) is 0 Å². The van der Waals surface area contributed by atoms with Crippen LogP contribution in [0.4, 0.5) is 0 Å². The summed E-state index contributed by atoms with van der Waals surface area (Å²) >= 11 is 4.99. The number of hydrogen-bond acceptors (Lipinski definition) is 4. The van der Waals surface area contributed by atoms with Crippen LogP contribution in [0.3, 0.4) is 0 Å². The normalized spacial score (nSPS) is 11.8. The van der Waals surface area contributed by atoms with E-state index in [0.29, 0.717) is 6.61 Å². The number of nitrogens with two attached hydrogens (primary N) is 1. The first-order valence-electron chi connectivity index (χ1n) is 4.58. The number of amidine groups is 1. The van der Waals surface area contributed by atoms with Crippen LogP contribution in [0.25, 0.3) is 0 Å². The van der Waals surface area contributed by atoms with E-state index in [9.17, 15) is 0 Å². The van der Waals surface area contributed by atoms with Crippen LogP contribution in [0.2, 0.25) is 0 Å². The maximum atomic E-state index is 8.67. The fraction of sp³-hybridized carbons (Fsp3) is 0.300. The number of methoxy groups -OCH3 is 1. The molecule has 0 saturated carbocycles. The van der Waals surface area contributed by atoms with Gasteiger partial charge in [0.15, 0.2) is 5.84 Å². The summed E-state index contributed by atoms with van der Waals surface area (Å²) in [5.74, 6) is 0.936. The Bertz CT molecular complexity index is 385. The third kappa shape index (κ3) is 3.70. The molecule has 6 heteroatoms. The second kappa shape index (κ2) is 6.78. The largest absolute Gasteiger partial charge is 0.409 e. The Kier molecular flexibility index (Phi) is 5.65. The minimum atomic E-state index is 0.118. The zero-order chi connectivity index (χ0) is 12.0. The quantitative estimate of drug-likeness (QED) is 0.219. The number of benzene rings is 1. The van der Waals surface area contributed by atoms with Gasteiger partial charge in [0, 0.05) is 27.8 Å². The van der Waals surface area contributed by atoms with Crippen molar-refractivity contribution in [3.8, 4) is 0 Å². The van der Waals surface area contributed by atoms with Crippen LogP contribution in [-0.4, -0.2) is 30.5 Å². The van der Waals surface area contributed by atoms with E-state index < -0.39 is 0 Å². The van der Waals surface area contributed by atoms with Gasteiger partial charge in [-0.2, -0.15) is 0 Å². The zero-order valence-corrected chi connectivity index (χ0v) is 11.2. The lowest BCUT2D eigenvalue weighted by molar-refractivity contribution is 0.218. The molecule has 0 fully saturated rings. The molecule has 1 aromatic carbocycles. The number of oxime groups is 1. The van der Waals surface area contributed by atoms with Gasteiger partial charge in [-0.05, 0) is 18.2 Å². The summed E-state index contributed by atoms with van der Waals surface area (Å²) in [7, 11) is 1.66. The first kappa shape index (κ1) is 13.3. The van der Waals surface area contributed by atoms with Crippen LogP contribution in [-0.2, 0) is 4.74 Å². The Balaban J connectivity index is 2.90. The van der Waals surface area contributed by atoms with Gasteiger partial charge in [0.2, 0.25) is 0 Å². The van der Waals surface area contributed by atoms with Crippen LogP contribution in [0, 0.1) is 0 Å². The molecular formula is C10H13BrN2O2S. The summed E-state index contributed by atoms with van der Waals surface area (Å²) in [5, 5.41) is 11.7. The molecule has 0 heterocycles. The van der Waals surface area contributed by atoms with Crippen molar-refractivity contribution in [2.75, 3.05) is 19.5 Å². The molecule has 0 unspecified atom stereocenters. The number of thioether (sulfide) groups is 1. The van der Waals surface area contributed by atoms with E-state index in [1.54, 1.807) is 18.9 Å². The van der Waals surface area contributed by atoms with Gasteiger partial charge in [0.1, 0.15) is 0 Å². The molecule has 0 atom stereocenters. The lowest BCUT2D eigenvalue weighted by Crippen LogP contribution is -2.14. The average molecular weight is 305 g/mol. The molecule has 3 N–H and O–H groups in total. The Morgan fingerprint density at radius 2 is 2.38 bits per heavy atom. The Morgan fingerprint density at radius 1 is 1.62 bits per heavy atom. The smallest absolute Gasteiger partial charge is 0.171 e. The average Bonchev–Trinajstić information content (AvgIpc) is 2.29. The third-order valence-electron chi connectivity index (χ3n) is 1.87. The molecule has 1 rings (SSSR count). The summed E-state index contributed by atoms with van der Waals surface area (Å²) in [4.78, 5) is 0.960. The van der Waals surface area contributed by atoms with Crippen molar-refractivity contribution < 1.29 is 9.94 Å². The summed E-state index contributed by atoms with van der Waals surface area (Å²) in [6.45, 7) is 0.660. The third-order valence-corrected chi connectivity index (χ3v) is 3.39. The van der Waals surface area contributed by atoms with E-state index in [2.05, 4.69) is 21.1 Å². The zero-order valence-electron chi connectivity index (χ0n) is 8.81. The van der Waals surface area contributed by atoms with Gasteiger partial charge >= 0.3 is 0 Å². The molecule has 88 valence electrons. The lowest BCUT2D eigenvalue weighted by atomic mass is 10.2. The van der Waals surface area contributed by atoms with Crippen LogP contribution in [0.1, 0.15) is 5.56 Å². The molecule has 4 nitrogen and oxygen atoms in total. The Morgan fingerprint density at radius 3 is 3.00 bits per heavy atom. The highest BCUT2D eigenvalue weighted by Gasteiger charge is 2.08. The molecule has 0 radical (unpaired) electrons. The minimum Gasteiger partial charge on any atom is -0.409 e. The molecule has 16 heavy (non-hydrogen) atoms. The molecule has 0 spiro atoms. The summed E-state index contributed by atoms with van der Waals surface area (Å²) in [5.41, 5.74) is 6.32. The predicted octanol–water partition coefficient (Wildman–Crippen LogP) is 2.28. The van der Waals surface area contributed by atoms with E-state index in [0.717, 1.165) is 20.7 Å². The fourth-order valence-electron chi connectivity index (χ4n) is 1.12. The van der Waals surface area contributed by atoms with Crippen LogP contribution >= 0.6 is 27.7 Å². The maximum Gasteiger partial charge on any atom is 0.171 e. The van der Waals surface area contributed by atoms with E-state index in [4.69, 9.17) is 15.7 Å². The van der Waals surface area contributed by atoms with E-state index in [1.807, 2.05) is 18.2 Å². The molecule has 0 bridgehead atoms. The molecule has 0 amide bonds. The van der Waals surface area contributed by atoms with Crippen molar-refractivity contribution in [3.05, 3.63) is 28.2 Å². The SMILES string of the molecule is COCCSc1cc(Br)ccc1/C(N)=N/O. The number of rotatable bonds is 5. The van der Waals surface area contributed by atoms with Gasteiger partial charge in [-0.1, -0.05) is 21.1 Å². The van der Waals surface area contributed by atoms with Crippen molar-refractivity contribution >= 4 is 33.5 Å². The molecular weight excluding hydrogens is 292 g/mol. The monoisotopic (exact) mass is 304 g/mol. The minimum absolute atomic E-state index is 0.118.